The third-order valence-electron chi connectivity index (χ3n) is 3.36. The Bertz CT molecular complexity index is 620. The molecule has 0 aliphatic rings. The van der Waals surface area contributed by atoms with Gasteiger partial charge in [0.15, 0.2) is 0 Å². The average molecular weight is 272 g/mol. The van der Waals surface area contributed by atoms with E-state index in [0.29, 0.717) is 11.3 Å². The van der Waals surface area contributed by atoms with Gasteiger partial charge in [0.2, 0.25) is 0 Å². The topological polar surface area (TPSA) is 66.8 Å². The Morgan fingerprint density at radius 2 is 1.80 bits per heavy atom. The molecule has 0 saturated carbocycles. The highest BCUT2D eigenvalue weighted by Crippen LogP contribution is 2.40. The number of methoxy groups -OCH3 is 1. The SMILES string of the molecule is COc1ccc(C(=O)O)c(O)c1C(C)c1ccccc1. The molecule has 0 amide bonds. The Morgan fingerprint density at radius 3 is 2.35 bits per heavy atom. The van der Waals surface area contributed by atoms with Crippen molar-refractivity contribution in [3.8, 4) is 11.5 Å². The number of hydrogen-bond donors (Lipinski definition) is 2. The van der Waals surface area contributed by atoms with E-state index in [1.54, 1.807) is 6.07 Å². The number of ether oxygens (including phenoxy) is 1. The van der Waals surface area contributed by atoms with Crippen molar-refractivity contribution >= 4 is 5.97 Å². The minimum atomic E-state index is -1.16. The van der Waals surface area contributed by atoms with Crippen molar-refractivity contribution in [2.45, 2.75) is 12.8 Å². The van der Waals surface area contributed by atoms with Gasteiger partial charge in [-0.1, -0.05) is 37.3 Å². The molecule has 0 bridgehead atoms. The van der Waals surface area contributed by atoms with Gasteiger partial charge in [-0.2, -0.15) is 0 Å². The van der Waals surface area contributed by atoms with Gasteiger partial charge in [0.05, 0.1) is 7.11 Å². The Kier molecular flexibility index (Phi) is 3.94. The number of hydrogen-bond acceptors (Lipinski definition) is 3. The van der Waals surface area contributed by atoms with E-state index in [9.17, 15) is 9.90 Å². The Hall–Kier alpha value is -2.49. The van der Waals surface area contributed by atoms with Crippen molar-refractivity contribution in [2.24, 2.45) is 0 Å². The highest BCUT2D eigenvalue weighted by atomic mass is 16.5. The highest BCUT2D eigenvalue weighted by molar-refractivity contribution is 5.92. The summed E-state index contributed by atoms with van der Waals surface area (Å²) in [7, 11) is 1.50. The minimum absolute atomic E-state index is 0.122. The van der Waals surface area contributed by atoms with Crippen LogP contribution in [0.15, 0.2) is 42.5 Å². The molecule has 0 saturated heterocycles. The van der Waals surface area contributed by atoms with Crippen LogP contribution in [-0.2, 0) is 0 Å². The molecule has 2 N–H and O–H groups in total. The summed E-state index contributed by atoms with van der Waals surface area (Å²) in [5.41, 5.74) is 1.34. The van der Waals surface area contributed by atoms with Gasteiger partial charge in [-0.3, -0.25) is 0 Å². The van der Waals surface area contributed by atoms with Gasteiger partial charge < -0.3 is 14.9 Å². The summed E-state index contributed by atoms with van der Waals surface area (Å²) in [5, 5.41) is 19.3. The van der Waals surface area contributed by atoms with Crippen LogP contribution in [0.3, 0.4) is 0 Å². The van der Waals surface area contributed by atoms with Crippen molar-refractivity contribution < 1.29 is 19.7 Å². The molecule has 0 spiro atoms. The molecular weight excluding hydrogens is 256 g/mol. The van der Waals surface area contributed by atoms with Crippen molar-refractivity contribution in [2.75, 3.05) is 7.11 Å². The van der Waals surface area contributed by atoms with E-state index in [2.05, 4.69) is 0 Å². The van der Waals surface area contributed by atoms with Gasteiger partial charge in [-0.05, 0) is 17.7 Å². The first-order valence-electron chi connectivity index (χ1n) is 6.24. The van der Waals surface area contributed by atoms with Crippen LogP contribution in [0.2, 0.25) is 0 Å². The standard InChI is InChI=1S/C16H16O4/c1-10(11-6-4-3-5-7-11)14-13(20-2)9-8-12(15(14)17)16(18)19/h3-10,17H,1-2H3,(H,18,19). The van der Waals surface area contributed by atoms with E-state index >= 15 is 0 Å². The zero-order valence-corrected chi connectivity index (χ0v) is 11.3. The Labute approximate surface area is 117 Å². The molecule has 2 rings (SSSR count). The number of phenols is 1. The molecule has 20 heavy (non-hydrogen) atoms. The fourth-order valence-electron chi connectivity index (χ4n) is 2.27. The summed E-state index contributed by atoms with van der Waals surface area (Å²) < 4.78 is 5.25. The van der Waals surface area contributed by atoms with Gasteiger partial charge in [-0.25, -0.2) is 4.79 Å². The second kappa shape index (κ2) is 5.65. The summed E-state index contributed by atoms with van der Waals surface area (Å²) >= 11 is 0. The molecule has 0 aliphatic heterocycles. The number of aromatic hydroxyl groups is 1. The molecule has 4 nitrogen and oxygen atoms in total. The minimum Gasteiger partial charge on any atom is -0.507 e. The Morgan fingerprint density at radius 1 is 1.15 bits per heavy atom. The molecule has 2 aromatic rings. The van der Waals surface area contributed by atoms with Crippen molar-refractivity contribution in [3.05, 3.63) is 59.2 Å². The van der Waals surface area contributed by atoms with Crippen LogP contribution in [0.5, 0.6) is 11.5 Å². The van der Waals surface area contributed by atoms with Crippen molar-refractivity contribution in [1.29, 1.82) is 0 Å². The predicted molar refractivity (Wildman–Crippen MR) is 75.6 cm³/mol. The second-order valence-electron chi connectivity index (χ2n) is 4.52. The van der Waals surface area contributed by atoms with E-state index in [1.165, 1.54) is 13.2 Å². The van der Waals surface area contributed by atoms with Gasteiger partial charge >= 0.3 is 5.97 Å². The summed E-state index contributed by atoms with van der Waals surface area (Å²) in [4.78, 5) is 11.1. The van der Waals surface area contributed by atoms with E-state index < -0.39 is 5.97 Å². The van der Waals surface area contributed by atoms with E-state index in [1.807, 2.05) is 37.3 Å². The Balaban J connectivity index is 2.59. The van der Waals surface area contributed by atoms with Crippen LogP contribution in [0, 0.1) is 0 Å². The van der Waals surface area contributed by atoms with E-state index in [0.717, 1.165) is 5.56 Å². The summed E-state index contributed by atoms with van der Waals surface area (Å²) in [6.07, 6.45) is 0. The third-order valence-corrected chi connectivity index (χ3v) is 3.36. The quantitative estimate of drug-likeness (QED) is 0.896. The molecule has 2 aromatic carbocycles. The lowest BCUT2D eigenvalue weighted by Gasteiger charge is -2.18. The zero-order valence-electron chi connectivity index (χ0n) is 11.3. The molecule has 1 atom stereocenters. The third kappa shape index (κ3) is 2.45. The van der Waals surface area contributed by atoms with Crippen LogP contribution in [0.1, 0.15) is 34.3 Å². The maximum absolute atomic E-state index is 11.1. The summed E-state index contributed by atoms with van der Waals surface area (Å²) in [5.74, 6) is -1.10. The lowest BCUT2D eigenvalue weighted by Crippen LogP contribution is -2.05. The molecule has 0 radical (unpaired) electrons. The van der Waals surface area contributed by atoms with Crippen LogP contribution in [0.25, 0.3) is 0 Å². The normalized spacial score (nSPS) is 11.9. The maximum atomic E-state index is 11.1. The molecule has 1 unspecified atom stereocenters. The molecule has 4 heteroatoms. The lowest BCUT2D eigenvalue weighted by atomic mass is 9.90. The zero-order chi connectivity index (χ0) is 14.7. The fraction of sp³-hybridized carbons (Fsp3) is 0.188. The van der Waals surface area contributed by atoms with Gasteiger partial charge in [-0.15, -0.1) is 0 Å². The van der Waals surface area contributed by atoms with Crippen LogP contribution >= 0.6 is 0 Å². The number of aromatic carboxylic acids is 1. The monoisotopic (exact) mass is 272 g/mol. The van der Waals surface area contributed by atoms with Gasteiger partial charge in [0.1, 0.15) is 17.1 Å². The average Bonchev–Trinajstić information content (AvgIpc) is 2.46. The van der Waals surface area contributed by atoms with Crippen LogP contribution in [-0.4, -0.2) is 23.3 Å². The van der Waals surface area contributed by atoms with Gasteiger partial charge in [0, 0.05) is 11.5 Å². The van der Waals surface area contributed by atoms with Crippen molar-refractivity contribution in [3.63, 3.8) is 0 Å². The van der Waals surface area contributed by atoms with Crippen LogP contribution < -0.4 is 4.74 Å². The lowest BCUT2D eigenvalue weighted by molar-refractivity contribution is 0.0693. The molecular formula is C16H16O4. The van der Waals surface area contributed by atoms with Crippen LogP contribution in [0.4, 0.5) is 0 Å². The number of benzene rings is 2. The van der Waals surface area contributed by atoms with Gasteiger partial charge in [0.25, 0.3) is 0 Å². The first-order valence-corrected chi connectivity index (χ1v) is 6.24. The molecule has 0 aromatic heterocycles. The first-order chi connectivity index (χ1) is 9.56. The highest BCUT2D eigenvalue weighted by Gasteiger charge is 2.22. The number of carbonyl (C=O) groups is 1. The van der Waals surface area contributed by atoms with E-state index in [-0.39, 0.29) is 17.2 Å². The second-order valence-corrected chi connectivity index (χ2v) is 4.52. The smallest absolute Gasteiger partial charge is 0.339 e. The molecule has 0 aliphatic carbocycles. The number of carboxylic acid groups (broad SMARTS) is 1. The number of rotatable bonds is 4. The molecule has 0 heterocycles. The maximum Gasteiger partial charge on any atom is 0.339 e. The van der Waals surface area contributed by atoms with Crippen molar-refractivity contribution in [1.82, 2.24) is 0 Å². The fourth-order valence-corrected chi connectivity index (χ4v) is 2.27. The molecule has 104 valence electrons. The van der Waals surface area contributed by atoms with E-state index in [4.69, 9.17) is 9.84 Å². The summed E-state index contributed by atoms with van der Waals surface area (Å²) in [6.45, 7) is 1.90. The number of carboxylic acids is 1. The predicted octanol–water partition coefficient (Wildman–Crippen LogP) is 3.25. The first kappa shape index (κ1) is 13.9. The summed E-state index contributed by atoms with van der Waals surface area (Å²) in [6, 6.07) is 12.5. The molecule has 0 fully saturated rings. The largest absolute Gasteiger partial charge is 0.507 e.